The number of hydrogen-bond donors (Lipinski definition) is 0. The number of likely N-dealkylation sites (N-methyl/N-ethyl adjacent to an activating group) is 1. The molecule has 4 nitrogen and oxygen atoms in total. The van der Waals surface area contributed by atoms with Gasteiger partial charge in [0.1, 0.15) is 12.4 Å². The maximum absolute atomic E-state index is 6.25. The third-order valence-electron chi connectivity index (χ3n) is 5.23. The van der Waals surface area contributed by atoms with Crippen molar-refractivity contribution >= 4 is 0 Å². The van der Waals surface area contributed by atoms with Crippen LogP contribution in [0.15, 0.2) is 30.3 Å². The molecule has 0 aliphatic carbocycles. The maximum atomic E-state index is 6.25. The number of ether oxygens (including phenoxy) is 2. The van der Waals surface area contributed by atoms with E-state index in [0.717, 1.165) is 36.6 Å². The first kappa shape index (κ1) is 18.9. The van der Waals surface area contributed by atoms with E-state index in [0.29, 0.717) is 25.9 Å². The fourth-order valence-corrected chi connectivity index (χ4v) is 3.71. The molecule has 3 rings (SSSR count). The van der Waals surface area contributed by atoms with E-state index in [1.165, 1.54) is 16.7 Å². The second-order valence-electron chi connectivity index (χ2n) is 6.97. The topological polar surface area (TPSA) is 34.6 Å². The summed E-state index contributed by atoms with van der Waals surface area (Å²) in [5.41, 5.74) is 5.76. The number of aromatic nitrogens is 1. The normalized spacial score (nSPS) is 14.5. The van der Waals surface area contributed by atoms with Gasteiger partial charge in [-0.25, -0.2) is 0 Å². The molecule has 4 heteroatoms. The number of nitrogens with zero attached hydrogens (tertiary/aromatic N) is 2. The van der Waals surface area contributed by atoms with Crippen LogP contribution in [0.25, 0.3) is 0 Å². The van der Waals surface area contributed by atoms with Crippen LogP contribution in [-0.2, 0) is 24.4 Å². The zero-order chi connectivity index (χ0) is 18.5. The molecule has 2 heterocycles. The van der Waals surface area contributed by atoms with Crippen LogP contribution in [0, 0.1) is 6.92 Å². The molecule has 1 aromatic heterocycles. The van der Waals surface area contributed by atoms with Crippen LogP contribution >= 0.6 is 0 Å². The average molecular weight is 354 g/mol. The van der Waals surface area contributed by atoms with Crippen molar-refractivity contribution < 1.29 is 9.47 Å². The molecule has 26 heavy (non-hydrogen) atoms. The van der Waals surface area contributed by atoms with E-state index in [4.69, 9.17) is 14.5 Å². The molecule has 0 N–H and O–H groups in total. The molecule has 0 fully saturated rings. The lowest BCUT2D eigenvalue weighted by Crippen LogP contribution is -2.37. The minimum Gasteiger partial charge on any atom is -0.490 e. The monoisotopic (exact) mass is 354 g/mol. The van der Waals surface area contributed by atoms with Crippen LogP contribution < -0.4 is 4.74 Å². The first-order valence-electron chi connectivity index (χ1n) is 9.63. The van der Waals surface area contributed by atoms with Gasteiger partial charge in [0.25, 0.3) is 0 Å². The predicted molar refractivity (Wildman–Crippen MR) is 105 cm³/mol. The minimum atomic E-state index is 0.381. The van der Waals surface area contributed by atoms with Crippen LogP contribution in [0.5, 0.6) is 5.75 Å². The van der Waals surface area contributed by atoms with Crippen LogP contribution in [0.3, 0.4) is 0 Å². The van der Waals surface area contributed by atoms with Crippen molar-refractivity contribution in [3.8, 4) is 5.75 Å². The summed E-state index contributed by atoms with van der Waals surface area (Å²) in [5.74, 6) is 0.924. The van der Waals surface area contributed by atoms with E-state index < -0.39 is 0 Å². The van der Waals surface area contributed by atoms with Crippen molar-refractivity contribution in [1.82, 2.24) is 9.88 Å². The van der Waals surface area contributed by atoms with Gasteiger partial charge in [-0.3, -0.25) is 9.88 Å². The Morgan fingerprint density at radius 1 is 1.12 bits per heavy atom. The Bertz CT molecular complexity index is 727. The van der Waals surface area contributed by atoms with E-state index in [1.54, 1.807) is 0 Å². The highest BCUT2D eigenvalue weighted by Gasteiger charge is 2.24. The summed E-state index contributed by atoms with van der Waals surface area (Å²) in [4.78, 5) is 7.29. The molecule has 2 aromatic rings. The largest absolute Gasteiger partial charge is 0.490 e. The molecule has 1 aromatic carbocycles. The molecule has 0 spiro atoms. The zero-order valence-electron chi connectivity index (χ0n) is 16.4. The number of pyridine rings is 1. The van der Waals surface area contributed by atoms with Crippen LogP contribution in [0.2, 0.25) is 0 Å². The zero-order valence-corrected chi connectivity index (χ0v) is 16.4. The number of rotatable bonds is 8. The van der Waals surface area contributed by atoms with Crippen molar-refractivity contribution in [1.29, 1.82) is 0 Å². The summed E-state index contributed by atoms with van der Waals surface area (Å²) in [6.07, 6.45) is 0.837. The van der Waals surface area contributed by atoms with Crippen molar-refractivity contribution in [2.45, 2.75) is 53.4 Å². The fourth-order valence-electron chi connectivity index (χ4n) is 3.71. The summed E-state index contributed by atoms with van der Waals surface area (Å²) >= 11 is 0. The molecule has 0 radical (unpaired) electrons. The molecular formula is C22H30N2O2. The van der Waals surface area contributed by atoms with Gasteiger partial charge < -0.3 is 9.47 Å². The van der Waals surface area contributed by atoms with Gasteiger partial charge >= 0.3 is 0 Å². The smallest absolute Gasteiger partial charge is 0.146 e. The average Bonchev–Trinajstić information content (AvgIpc) is 3.13. The van der Waals surface area contributed by atoms with Crippen LogP contribution in [0.4, 0.5) is 0 Å². The predicted octanol–water partition coefficient (Wildman–Crippen LogP) is 4.12. The third-order valence-corrected chi connectivity index (χ3v) is 5.23. The number of aryl methyl sites for hydroxylation is 1. The van der Waals surface area contributed by atoms with Crippen molar-refractivity contribution in [2.75, 3.05) is 19.7 Å². The van der Waals surface area contributed by atoms with Gasteiger partial charge in [0.2, 0.25) is 0 Å². The highest BCUT2D eigenvalue weighted by atomic mass is 16.5. The summed E-state index contributed by atoms with van der Waals surface area (Å²) in [6, 6.07) is 10.9. The van der Waals surface area contributed by atoms with Gasteiger partial charge in [-0.15, -0.1) is 0 Å². The summed E-state index contributed by atoms with van der Waals surface area (Å²) in [6.45, 7) is 12.6. The van der Waals surface area contributed by atoms with E-state index in [1.807, 2.05) is 13.0 Å². The van der Waals surface area contributed by atoms with Crippen molar-refractivity contribution in [2.24, 2.45) is 0 Å². The molecule has 1 aliphatic rings. The highest BCUT2D eigenvalue weighted by Crippen LogP contribution is 2.34. The van der Waals surface area contributed by atoms with Gasteiger partial charge in [0.15, 0.2) is 0 Å². The van der Waals surface area contributed by atoms with E-state index in [-0.39, 0.29) is 0 Å². The van der Waals surface area contributed by atoms with Crippen molar-refractivity contribution in [3.63, 3.8) is 0 Å². The van der Waals surface area contributed by atoms with Gasteiger partial charge in [0, 0.05) is 23.6 Å². The molecular weight excluding hydrogens is 324 g/mol. The lowest BCUT2D eigenvalue weighted by Gasteiger charge is -2.27. The third kappa shape index (κ3) is 4.08. The molecule has 0 saturated heterocycles. The van der Waals surface area contributed by atoms with Crippen LogP contribution in [-0.4, -0.2) is 35.6 Å². The Hall–Kier alpha value is -1.91. The molecule has 140 valence electrons. The standard InChI is InChI=1S/C22H30N2O2/c1-5-24(6-2)16(3)13-26-22-17(4)23-21(19-14-25-15-20(19)22)12-18-10-8-7-9-11-18/h7-11,16H,5-6,12-15H2,1-4H3. The highest BCUT2D eigenvalue weighted by molar-refractivity contribution is 5.47. The molecule has 0 amide bonds. The maximum Gasteiger partial charge on any atom is 0.146 e. The SMILES string of the molecule is CCN(CC)C(C)COc1c(C)nc(Cc2ccccc2)c2c1COC2. The minimum absolute atomic E-state index is 0.381. The van der Waals surface area contributed by atoms with Gasteiger partial charge in [-0.2, -0.15) is 0 Å². The second-order valence-corrected chi connectivity index (χ2v) is 6.97. The first-order valence-corrected chi connectivity index (χ1v) is 9.63. The van der Waals surface area contributed by atoms with Gasteiger partial charge in [-0.05, 0) is 32.5 Å². The van der Waals surface area contributed by atoms with Crippen LogP contribution in [0.1, 0.15) is 48.8 Å². The molecule has 1 unspecified atom stereocenters. The van der Waals surface area contributed by atoms with Crippen molar-refractivity contribution in [3.05, 3.63) is 58.4 Å². The summed E-state index contributed by atoms with van der Waals surface area (Å²) in [5, 5.41) is 0. The van der Waals surface area contributed by atoms with E-state index in [9.17, 15) is 0 Å². The molecule has 0 saturated carbocycles. The Labute approximate surface area is 157 Å². The van der Waals surface area contributed by atoms with Gasteiger partial charge in [-0.1, -0.05) is 44.2 Å². The summed E-state index contributed by atoms with van der Waals surface area (Å²) in [7, 11) is 0. The quantitative estimate of drug-likeness (QED) is 0.714. The number of fused-ring (bicyclic) bond motifs is 1. The van der Waals surface area contributed by atoms with Gasteiger partial charge in [0.05, 0.1) is 24.6 Å². The fraction of sp³-hybridized carbons (Fsp3) is 0.500. The Morgan fingerprint density at radius 3 is 2.50 bits per heavy atom. The number of hydrogen-bond acceptors (Lipinski definition) is 4. The Kier molecular flexibility index (Phi) is 6.28. The Morgan fingerprint density at radius 2 is 1.81 bits per heavy atom. The Balaban J connectivity index is 1.81. The number of benzene rings is 1. The lowest BCUT2D eigenvalue weighted by molar-refractivity contribution is 0.129. The van der Waals surface area contributed by atoms with E-state index in [2.05, 4.69) is 49.9 Å². The van der Waals surface area contributed by atoms with E-state index >= 15 is 0 Å². The summed E-state index contributed by atoms with van der Waals surface area (Å²) < 4.78 is 12.0. The molecule has 1 atom stereocenters. The first-order chi connectivity index (χ1) is 12.6. The molecule has 0 bridgehead atoms. The second kappa shape index (κ2) is 8.65. The molecule has 1 aliphatic heterocycles. The lowest BCUT2D eigenvalue weighted by atomic mass is 10.0.